The molecule has 0 spiro atoms. The van der Waals surface area contributed by atoms with E-state index < -0.39 is 6.10 Å². The second-order valence-corrected chi connectivity index (χ2v) is 5.57. The zero-order chi connectivity index (χ0) is 16.7. The van der Waals surface area contributed by atoms with Crippen LogP contribution in [0.5, 0.6) is 5.75 Å². The van der Waals surface area contributed by atoms with Gasteiger partial charge in [-0.05, 0) is 54.8 Å². The van der Waals surface area contributed by atoms with E-state index in [0.717, 1.165) is 5.56 Å². The van der Waals surface area contributed by atoms with Crippen LogP contribution in [0, 0.1) is 5.82 Å². The van der Waals surface area contributed by atoms with Crippen molar-refractivity contribution in [2.75, 3.05) is 6.54 Å². The Bertz CT molecular complexity index is 628. The van der Waals surface area contributed by atoms with E-state index in [1.807, 2.05) is 6.92 Å². The Kier molecular flexibility index (Phi) is 6.41. The summed E-state index contributed by atoms with van der Waals surface area (Å²) >= 11 is 5.82. The normalized spacial score (nSPS) is 11.8. The standard InChI is InChI=1S/C18H19ClFNO2/c1-2-17(23-16-9-5-14(19)6-10-16)18(22)21-12-11-13-3-7-15(20)8-4-13/h3-10,17H,2,11-12H2,1H3,(H,21,22). The third-order valence-corrected chi connectivity index (χ3v) is 3.63. The predicted molar refractivity (Wildman–Crippen MR) is 89.3 cm³/mol. The van der Waals surface area contributed by atoms with Gasteiger partial charge in [0.05, 0.1) is 0 Å². The van der Waals surface area contributed by atoms with Gasteiger partial charge >= 0.3 is 0 Å². The summed E-state index contributed by atoms with van der Waals surface area (Å²) in [5.74, 6) is 0.180. The van der Waals surface area contributed by atoms with Crippen LogP contribution >= 0.6 is 11.6 Å². The molecule has 0 bridgehead atoms. The smallest absolute Gasteiger partial charge is 0.261 e. The van der Waals surface area contributed by atoms with Gasteiger partial charge < -0.3 is 10.1 Å². The van der Waals surface area contributed by atoms with E-state index in [-0.39, 0.29) is 11.7 Å². The van der Waals surface area contributed by atoms with Crippen LogP contribution in [0.1, 0.15) is 18.9 Å². The monoisotopic (exact) mass is 335 g/mol. The van der Waals surface area contributed by atoms with Crippen molar-refractivity contribution in [1.29, 1.82) is 0 Å². The van der Waals surface area contributed by atoms with Crippen molar-refractivity contribution in [3.05, 3.63) is 64.9 Å². The lowest BCUT2D eigenvalue weighted by atomic mass is 10.1. The maximum Gasteiger partial charge on any atom is 0.261 e. The molecule has 0 fully saturated rings. The van der Waals surface area contributed by atoms with Crippen molar-refractivity contribution >= 4 is 17.5 Å². The Hall–Kier alpha value is -2.07. The second kappa shape index (κ2) is 8.53. The molecular formula is C18H19ClFNO2. The molecule has 2 rings (SSSR count). The van der Waals surface area contributed by atoms with Crippen molar-refractivity contribution in [1.82, 2.24) is 5.32 Å². The highest BCUT2D eigenvalue weighted by Crippen LogP contribution is 2.17. The molecule has 1 atom stereocenters. The van der Waals surface area contributed by atoms with E-state index in [0.29, 0.717) is 30.2 Å². The number of halogens is 2. The predicted octanol–water partition coefficient (Wildman–Crippen LogP) is 4.00. The van der Waals surface area contributed by atoms with Gasteiger partial charge in [-0.2, -0.15) is 0 Å². The number of benzene rings is 2. The summed E-state index contributed by atoms with van der Waals surface area (Å²) in [6.07, 6.45) is 0.651. The molecule has 0 saturated heterocycles. The lowest BCUT2D eigenvalue weighted by molar-refractivity contribution is -0.128. The van der Waals surface area contributed by atoms with Crippen molar-refractivity contribution < 1.29 is 13.9 Å². The molecule has 1 amide bonds. The maximum absolute atomic E-state index is 12.8. The Morgan fingerprint density at radius 3 is 2.43 bits per heavy atom. The number of hydrogen-bond acceptors (Lipinski definition) is 2. The molecule has 0 aromatic heterocycles. The fraction of sp³-hybridized carbons (Fsp3) is 0.278. The van der Waals surface area contributed by atoms with E-state index in [1.54, 1.807) is 36.4 Å². The lowest BCUT2D eigenvalue weighted by Gasteiger charge is -2.17. The molecule has 3 nitrogen and oxygen atoms in total. The number of amides is 1. The van der Waals surface area contributed by atoms with Crippen molar-refractivity contribution in [2.24, 2.45) is 0 Å². The van der Waals surface area contributed by atoms with Crippen LogP contribution in [-0.4, -0.2) is 18.6 Å². The third-order valence-electron chi connectivity index (χ3n) is 3.38. The minimum atomic E-state index is -0.551. The largest absolute Gasteiger partial charge is 0.481 e. The first-order valence-electron chi connectivity index (χ1n) is 7.53. The SMILES string of the molecule is CCC(Oc1ccc(Cl)cc1)C(=O)NCCc1ccc(F)cc1. The number of rotatable bonds is 7. The van der Waals surface area contributed by atoms with Gasteiger partial charge in [-0.25, -0.2) is 4.39 Å². The Labute approximate surface area is 140 Å². The maximum atomic E-state index is 12.8. The topological polar surface area (TPSA) is 38.3 Å². The molecular weight excluding hydrogens is 317 g/mol. The van der Waals surface area contributed by atoms with Gasteiger partial charge in [-0.3, -0.25) is 4.79 Å². The molecule has 0 aliphatic rings. The first-order chi connectivity index (χ1) is 11.1. The van der Waals surface area contributed by atoms with Crippen LogP contribution in [0.15, 0.2) is 48.5 Å². The van der Waals surface area contributed by atoms with Gasteiger partial charge in [0, 0.05) is 11.6 Å². The summed E-state index contributed by atoms with van der Waals surface area (Å²) < 4.78 is 18.5. The van der Waals surface area contributed by atoms with Crippen molar-refractivity contribution in [3.63, 3.8) is 0 Å². The second-order valence-electron chi connectivity index (χ2n) is 5.14. The first-order valence-corrected chi connectivity index (χ1v) is 7.90. The molecule has 1 unspecified atom stereocenters. The fourth-order valence-corrected chi connectivity index (χ4v) is 2.22. The third kappa shape index (κ3) is 5.57. The van der Waals surface area contributed by atoms with E-state index in [1.165, 1.54) is 12.1 Å². The van der Waals surface area contributed by atoms with Crippen LogP contribution in [0.4, 0.5) is 4.39 Å². The molecule has 0 radical (unpaired) electrons. The molecule has 0 heterocycles. The van der Waals surface area contributed by atoms with Crippen molar-refractivity contribution in [2.45, 2.75) is 25.9 Å². The summed E-state index contributed by atoms with van der Waals surface area (Å²) in [7, 11) is 0. The minimum absolute atomic E-state index is 0.162. The molecule has 2 aromatic rings. The Morgan fingerprint density at radius 1 is 1.17 bits per heavy atom. The van der Waals surface area contributed by atoms with Crippen LogP contribution in [0.3, 0.4) is 0 Å². The molecule has 1 N–H and O–H groups in total. The average Bonchev–Trinajstić information content (AvgIpc) is 2.56. The number of carbonyl (C=O) groups excluding carboxylic acids is 1. The van der Waals surface area contributed by atoms with Crippen LogP contribution in [0.25, 0.3) is 0 Å². The molecule has 5 heteroatoms. The zero-order valence-electron chi connectivity index (χ0n) is 12.9. The summed E-state index contributed by atoms with van der Waals surface area (Å²) in [6, 6.07) is 13.1. The first kappa shape index (κ1) is 17.3. The highest BCUT2D eigenvalue weighted by molar-refractivity contribution is 6.30. The van der Waals surface area contributed by atoms with E-state index in [4.69, 9.17) is 16.3 Å². The van der Waals surface area contributed by atoms with E-state index >= 15 is 0 Å². The lowest BCUT2D eigenvalue weighted by Crippen LogP contribution is -2.38. The van der Waals surface area contributed by atoms with E-state index in [9.17, 15) is 9.18 Å². The summed E-state index contributed by atoms with van der Waals surface area (Å²) in [5.41, 5.74) is 0.971. The average molecular weight is 336 g/mol. The number of ether oxygens (including phenoxy) is 1. The molecule has 122 valence electrons. The molecule has 23 heavy (non-hydrogen) atoms. The Morgan fingerprint density at radius 2 is 1.83 bits per heavy atom. The highest BCUT2D eigenvalue weighted by Gasteiger charge is 2.17. The van der Waals surface area contributed by atoms with Crippen LogP contribution in [0.2, 0.25) is 5.02 Å². The van der Waals surface area contributed by atoms with Gasteiger partial charge in [-0.1, -0.05) is 30.7 Å². The summed E-state index contributed by atoms with van der Waals surface area (Å²) in [4.78, 5) is 12.2. The minimum Gasteiger partial charge on any atom is -0.481 e. The van der Waals surface area contributed by atoms with Gasteiger partial charge in [0.2, 0.25) is 0 Å². The van der Waals surface area contributed by atoms with Gasteiger partial charge in [0.15, 0.2) is 6.10 Å². The van der Waals surface area contributed by atoms with Gasteiger partial charge in [0.1, 0.15) is 11.6 Å². The van der Waals surface area contributed by atoms with Gasteiger partial charge in [0.25, 0.3) is 5.91 Å². The quantitative estimate of drug-likeness (QED) is 0.830. The summed E-state index contributed by atoms with van der Waals surface area (Å²) in [6.45, 7) is 2.37. The molecule has 0 saturated carbocycles. The number of hydrogen-bond donors (Lipinski definition) is 1. The van der Waals surface area contributed by atoms with Crippen LogP contribution < -0.4 is 10.1 Å². The highest BCUT2D eigenvalue weighted by atomic mass is 35.5. The number of carbonyl (C=O) groups is 1. The van der Waals surface area contributed by atoms with Gasteiger partial charge in [-0.15, -0.1) is 0 Å². The number of nitrogens with one attached hydrogen (secondary N) is 1. The molecule has 2 aromatic carbocycles. The Balaban J connectivity index is 1.82. The zero-order valence-corrected chi connectivity index (χ0v) is 13.6. The van der Waals surface area contributed by atoms with Crippen LogP contribution in [-0.2, 0) is 11.2 Å². The fourth-order valence-electron chi connectivity index (χ4n) is 2.09. The molecule has 0 aliphatic heterocycles. The van der Waals surface area contributed by atoms with E-state index in [2.05, 4.69) is 5.32 Å². The molecule has 0 aliphatic carbocycles. The summed E-state index contributed by atoms with van der Waals surface area (Å²) in [5, 5.41) is 3.46. The van der Waals surface area contributed by atoms with Crippen molar-refractivity contribution in [3.8, 4) is 5.75 Å².